The van der Waals surface area contributed by atoms with Gasteiger partial charge in [0.1, 0.15) is 7.85 Å². The number of anilines is 1. The Bertz CT molecular complexity index is 451. The van der Waals surface area contributed by atoms with Crippen molar-refractivity contribution in [1.29, 1.82) is 0 Å². The van der Waals surface area contributed by atoms with Crippen LogP contribution in [-0.2, 0) is 0 Å². The van der Waals surface area contributed by atoms with Crippen LogP contribution in [0.25, 0.3) is 5.65 Å². The monoisotopic (exact) mass is 186 g/mol. The third kappa shape index (κ3) is 1.45. The number of nitrogens with zero attached hydrogens (tertiary/aromatic N) is 4. The van der Waals surface area contributed by atoms with Gasteiger partial charge in [-0.05, 0) is 13.0 Å². The standard InChI is InChI=1S/C9H11BN4/c1-3-13(2)9-11-8-6-7(10)4-5-14(8)12-9/h4-6H,3H2,1-2H3. The van der Waals surface area contributed by atoms with Gasteiger partial charge in [0.25, 0.3) is 0 Å². The number of hydrogen-bond donors (Lipinski definition) is 0. The normalized spacial score (nSPS) is 10.7. The predicted octanol–water partition coefficient (Wildman–Crippen LogP) is -0.0208. The first-order chi connectivity index (χ1) is 6.70. The topological polar surface area (TPSA) is 33.4 Å². The first-order valence-electron chi connectivity index (χ1n) is 4.53. The summed E-state index contributed by atoms with van der Waals surface area (Å²) in [7, 11) is 7.60. The molecule has 0 bridgehead atoms. The minimum absolute atomic E-state index is 0.704. The van der Waals surface area contributed by atoms with Crippen molar-refractivity contribution >= 4 is 24.9 Å². The van der Waals surface area contributed by atoms with Crippen molar-refractivity contribution in [2.75, 3.05) is 18.5 Å². The van der Waals surface area contributed by atoms with E-state index in [9.17, 15) is 0 Å². The lowest BCUT2D eigenvalue weighted by Crippen LogP contribution is -2.17. The van der Waals surface area contributed by atoms with E-state index in [2.05, 4.69) is 17.0 Å². The van der Waals surface area contributed by atoms with Gasteiger partial charge < -0.3 is 4.90 Å². The molecular weight excluding hydrogens is 175 g/mol. The van der Waals surface area contributed by atoms with Crippen molar-refractivity contribution in [2.24, 2.45) is 0 Å². The van der Waals surface area contributed by atoms with Gasteiger partial charge in [-0.3, -0.25) is 0 Å². The molecule has 0 atom stereocenters. The van der Waals surface area contributed by atoms with E-state index < -0.39 is 0 Å². The molecule has 0 amide bonds. The summed E-state index contributed by atoms with van der Waals surface area (Å²) in [6, 6.07) is 3.61. The molecule has 70 valence electrons. The summed E-state index contributed by atoms with van der Waals surface area (Å²) < 4.78 is 1.72. The highest BCUT2D eigenvalue weighted by Gasteiger charge is 2.05. The molecule has 0 saturated carbocycles. The van der Waals surface area contributed by atoms with E-state index in [1.54, 1.807) is 16.6 Å². The van der Waals surface area contributed by atoms with E-state index in [1.807, 2.05) is 18.1 Å². The number of fused-ring (bicyclic) bond motifs is 1. The molecule has 2 aromatic heterocycles. The van der Waals surface area contributed by atoms with E-state index in [4.69, 9.17) is 7.85 Å². The van der Waals surface area contributed by atoms with Crippen molar-refractivity contribution in [3.05, 3.63) is 18.3 Å². The molecule has 0 spiro atoms. The Morgan fingerprint density at radius 1 is 1.57 bits per heavy atom. The summed E-state index contributed by atoms with van der Waals surface area (Å²) in [5, 5.41) is 4.30. The van der Waals surface area contributed by atoms with Crippen molar-refractivity contribution < 1.29 is 0 Å². The van der Waals surface area contributed by atoms with Crippen LogP contribution < -0.4 is 10.4 Å². The van der Waals surface area contributed by atoms with Crippen molar-refractivity contribution in [1.82, 2.24) is 14.6 Å². The van der Waals surface area contributed by atoms with E-state index in [0.717, 1.165) is 18.1 Å². The van der Waals surface area contributed by atoms with Crippen molar-refractivity contribution in [3.8, 4) is 0 Å². The molecule has 2 aromatic rings. The average molecular weight is 186 g/mol. The lowest BCUT2D eigenvalue weighted by molar-refractivity contribution is 0.878. The molecule has 5 heteroatoms. The SMILES string of the molecule is [B]c1ccn2nc(N(C)CC)nc2c1. The van der Waals surface area contributed by atoms with Crippen LogP contribution in [0.2, 0.25) is 0 Å². The molecule has 0 aliphatic rings. The first kappa shape index (κ1) is 9.06. The maximum absolute atomic E-state index is 5.65. The molecule has 14 heavy (non-hydrogen) atoms. The molecule has 0 aliphatic carbocycles. The fraction of sp³-hybridized carbons (Fsp3) is 0.333. The summed E-state index contributed by atoms with van der Waals surface area (Å²) in [4.78, 5) is 6.32. The van der Waals surface area contributed by atoms with E-state index in [0.29, 0.717) is 5.46 Å². The summed E-state index contributed by atoms with van der Waals surface area (Å²) in [5.41, 5.74) is 1.48. The third-order valence-electron chi connectivity index (χ3n) is 2.17. The second kappa shape index (κ2) is 3.33. The Morgan fingerprint density at radius 3 is 3.07 bits per heavy atom. The van der Waals surface area contributed by atoms with Gasteiger partial charge in [-0.15, -0.1) is 5.10 Å². The van der Waals surface area contributed by atoms with Crippen LogP contribution in [0.4, 0.5) is 5.95 Å². The van der Waals surface area contributed by atoms with Crippen LogP contribution in [0.3, 0.4) is 0 Å². The van der Waals surface area contributed by atoms with Gasteiger partial charge in [-0.25, -0.2) is 4.52 Å². The summed E-state index contributed by atoms with van der Waals surface area (Å²) in [6.45, 7) is 2.94. The van der Waals surface area contributed by atoms with Gasteiger partial charge in [0.2, 0.25) is 5.95 Å². The number of rotatable bonds is 2. The molecule has 0 N–H and O–H groups in total. The number of aromatic nitrogens is 3. The van der Waals surface area contributed by atoms with Crippen LogP contribution >= 0.6 is 0 Å². The quantitative estimate of drug-likeness (QED) is 0.618. The minimum atomic E-state index is 0.704. The zero-order chi connectivity index (χ0) is 10.1. The average Bonchev–Trinajstić information content (AvgIpc) is 2.59. The predicted molar refractivity (Wildman–Crippen MR) is 57.3 cm³/mol. The van der Waals surface area contributed by atoms with Crippen LogP contribution in [0.1, 0.15) is 6.92 Å². The zero-order valence-electron chi connectivity index (χ0n) is 8.31. The maximum atomic E-state index is 5.65. The second-order valence-corrected chi connectivity index (χ2v) is 3.19. The Labute approximate surface area is 84.0 Å². The van der Waals surface area contributed by atoms with E-state index in [-0.39, 0.29) is 0 Å². The summed E-state index contributed by atoms with van der Waals surface area (Å²) >= 11 is 0. The van der Waals surface area contributed by atoms with E-state index >= 15 is 0 Å². The van der Waals surface area contributed by atoms with Gasteiger partial charge in [0.15, 0.2) is 5.65 Å². The Hall–Kier alpha value is -1.52. The van der Waals surface area contributed by atoms with Gasteiger partial charge in [0.05, 0.1) is 0 Å². The lowest BCUT2D eigenvalue weighted by atomic mass is 9.98. The Morgan fingerprint density at radius 2 is 2.36 bits per heavy atom. The molecule has 0 aromatic carbocycles. The van der Waals surface area contributed by atoms with Gasteiger partial charge in [0, 0.05) is 19.8 Å². The van der Waals surface area contributed by atoms with Crippen LogP contribution in [0.5, 0.6) is 0 Å². The lowest BCUT2D eigenvalue weighted by Gasteiger charge is -2.09. The largest absolute Gasteiger partial charge is 0.343 e. The Kier molecular flexibility index (Phi) is 2.15. The molecule has 0 unspecified atom stereocenters. The molecule has 2 heterocycles. The minimum Gasteiger partial charge on any atom is -0.343 e. The molecule has 2 rings (SSSR count). The molecular formula is C9H11BN4. The molecule has 0 aliphatic heterocycles. The molecule has 4 nitrogen and oxygen atoms in total. The van der Waals surface area contributed by atoms with Gasteiger partial charge >= 0.3 is 0 Å². The summed E-state index contributed by atoms with van der Waals surface area (Å²) in [5.74, 6) is 0.720. The molecule has 2 radical (unpaired) electrons. The number of pyridine rings is 1. The highest BCUT2D eigenvalue weighted by Crippen LogP contribution is 2.06. The smallest absolute Gasteiger partial charge is 0.245 e. The van der Waals surface area contributed by atoms with Crippen molar-refractivity contribution in [2.45, 2.75) is 6.92 Å². The molecule has 0 saturated heterocycles. The van der Waals surface area contributed by atoms with Crippen LogP contribution in [0.15, 0.2) is 18.3 Å². The van der Waals surface area contributed by atoms with Gasteiger partial charge in [-0.1, -0.05) is 11.5 Å². The van der Waals surface area contributed by atoms with Crippen molar-refractivity contribution in [3.63, 3.8) is 0 Å². The molecule has 0 fully saturated rings. The van der Waals surface area contributed by atoms with E-state index in [1.165, 1.54) is 0 Å². The second-order valence-electron chi connectivity index (χ2n) is 3.19. The van der Waals surface area contributed by atoms with Gasteiger partial charge in [-0.2, -0.15) is 4.98 Å². The highest BCUT2D eigenvalue weighted by molar-refractivity contribution is 6.32. The zero-order valence-corrected chi connectivity index (χ0v) is 8.31. The van der Waals surface area contributed by atoms with Crippen LogP contribution in [-0.4, -0.2) is 36.0 Å². The maximum Gasteiger partial charge on any atom is 0.245 e. The summed E-state index contributed by atoms with van der Waals surface area (Å²) in [6.07, 6.45) is 1.81. The van der Waals surface area contributed by atoms with Crippen LogP contribution in [0, 0.1) is 0 Å². The fourth-order valence-corrected chi connectivity index (χ4v) is 1.19. The fourth-order valence-electron chi connectivity index (χ4n) is 1.19. The number of hydrogen-bond acceptors (Lipinski definition) is 3. The first-order valence-corrected chi connectivity index (χ1v) is 4.53. The Balaban J connectivity index is 2.51. The highest BCUT2D eigenvalue weighted by atomic mass is 15.4. The third-order valence-corrected chi connectivity index (χ3v) is 2.17.